The summed E-state index contributed by atoms with van der Waals surface area (Å²) in [4.78, 5) is 26.3. The Labute approximate surface area is 231 Å². The summed E-state index contributed by atoms with van der Waals surface area (Å²) in [7, 11) is 4.69. The minimum atomic E-state index is -0.588. The minimum absolute atomic E-state index is 0.220. The minimum Gasteiger partial charge on any atom is -0.497 e. The van der Waals surface area contributed by atoms with E-state index < -0.39 is 5.97 Å². The standard InChI is InChI=1S/C33H26O7/c1-36-25-14-17-29(38-3)23(19-25)11-16-28(34)21-9-12-24(13-10-21)39-33(35)31-27-20-26(37-2)15-18-30(27)40-32(31)22-7-5-4-6-8-22/h4-20H,1-3H3/b16-11+. The molecule has 5 aromatic rings. The summed E-state index contributed by atoms with van der Waals surface area (Å²) < 4.78 is 27.8. The number of ketones is 1. The molecule has 0 bridgehead atoms. The number of fused-ring (bicyclic) bond motifs is 1. The molecule has 0 spiro atoms. The Morgan fingerprint density at radius 2 is 1.40 bits per heavy atom. The SMILES string of the molecule is COc1ccc(OC)c(/C=C/C(=O)c2ccc(OC(=O)c3c(-c4ccccc4)oc4ccc(OC)cc34)cc2)c1. The van der Waals surface area contributed by atoms with Crippen molar-refractivity contribution in [2.75, 3.05) is 21.3 Å². The van der Waals surface area contributed by atoms with Gasteiger partial charge in [-0.25, -0.2) is 4.79 Å². The predicted octanol–water partition coefficient (Wildman–Crippen LogP) is 7.24. The van der Waals surface area contributed by atoms with Gasteiger partial charge >= 0.3 is 5.97 Å². The summed E-state index contributed by atoms with van der Waals surface area (Å²) in [5.41, 5.74) is 2.70. The Morgan fingerprint density at radius 1 is 0.725 bits per heavy atom. The zero-order valence-electron chi connectivity index (χ0n) is 22.2. The lowest BCUT2D eigenvalue weighted by Gasteiger charge is -2.07. The molecule has 7 heteroatoms. The molecule has 0 radical (unpaired) electrons. The first-order chi connectivity index (χ1) is 19.5. The quantitative estimate of drug-likeness (QED) is 0.0853. The number of benzene rings is 4. The number of carbonyl (C=O) groups is 2. The average Bonchev–Trinajstić information content (AvgIpc) is 3.39. The molecule has 7 nitrogen and oxygen atoms in total. The van der Waals surface area contributed by atoms with Gasteiger partial charge in [0.15, 0.2) is 5.78 Å². The van der Waals surface area contributed by atoms with Gasteiger partial charge in [0.05, 0.1) is 21.3 Å². The molecule has 0 unspecified atom stereocenters. The number of furan rings is 1. The molecule has 40 heavy (non-hydrogen) atoms. The van der Waals surface area contributed by atoms with E-state index in [2.05, 4.69) is 0 Å². The lowest BCUT2D eigenvalue weighted by molar-refractivity contribution is 0.0737. The molecule has 1 aromatic heterocycles. The topological polar surface area (TPSA) is 84.2 Å². The van der Waals surface area contributed by atoms with E-state index in [1.165, 1.54) is 6.08 Å². The number of hydrogen-bond donors (Lipinski definition) is 0. The molecule has 0 saturated carbocycles. The van der Waals surface area contributed by atoms with Crippen LogP contribution in [0.25, 0.3) is 28.4 Å². The molecule has 0 saturated heterocycles. The Bertz CT molecular complexity index is 1700. The molecule has 0 amide bonds. The van der Waals surface area contributed by atoms with Gasteiger partial charge in [0.25, 0.3) is 0 Å². The molecule has 4 aromatic carbocycles. The van der Waals surface area contributed by atoms with E-state index in [1.807, 2.05) is 30.3 Å². The van der Waals surface area contributed by atoms with Crippen molar-refractivity contribution in [3.8, 4) is 34.3 Å². The van der Waals surface area contributed by atoms with Crippen LogP contribution in [0, 0.1) is 0 Å². The van der Waals surface area contributed by atoms with Crippen molar-refractivity contribution in [3.63, 3.8) is 0 Å². The lowest BCUT2D eigenvalue weighted by Crippen LogP contribution is -2.09. The number of ether oxygens (including phenoxy) is 4. The molecular weight excluding hydrogens is 508 g/mol. The molecule has 0 aliphatic rings. The second-order valence-electron chi connectivity index (χ2n) is 8.75. The third-order valence-electron chi connectivity index (χ3n) is 6.34. The van der Waals surface area contributed by atoms with E-state index in [4.69, 9.17) is 23.4 Å². The fourth-order valence-electron chi connectivity index (χ4n) is 4.28. The molecule has 0 N–H and O–H groups in total. The maximum Gasteiger partial charge on any atom is 0.348 e. The third-order valence-corrected chi connectivity index (χ3v) is 6.34. The first-order valence-corrected chi connectivity index (χ1v) is 12.4. The van der Waals surface area contributed by atoms with Crippen LogP contribution in [0.1, 0.15) is 26.3 Å². The van der Waals surface area contributed by atoms with E-state index in [-0.39, 0.29) is 17.1 Å². The van der Waals surface area contributed by atoms with E-state index in [9.17, 15) is 9.59 Å². The van der Waals surface area contributed by atoms with E-state index in [0.717, 1.165) is 5.56 Å². The Balaban J connectivity index is 1.38. The van der Waals surface area contributed by atoms with Gasteiger partial charge in [-0.05, 0) is 72.8 Å². The van der Waals surface area contributed by atoms with Crippen LogP contribution in [0.4, 0.5) is 0 Å². The zero-order valence-corrected chi connectivity index (χ0v) is 22.2. The van der Waals surface area contributed by atoms with Crippen LogP contribution < -0.4 is 18.9 Å². The molecule has 1 heterocycles. The Hall–Kier alpha value is -5.30. The van der Waals surface area contributed by atoms with Crippen molar-refractivity contribution < 1.29 is 33.0 Å². The van der Waals surface area contributed by atoms with Crippen LogP contribution in [0.3, 0.4) is 0 Å². The number of carbonyl (C=O) groups excluding carboxylic acids is 2. The van der Waals surface area contributed by atoms with Crippen LogP contribution in [0.15, 0.2) is 101 Å². The average molecular weight is 535 g/mol. The van der Waals surface area contributed by atoms with Crippen molar-refractivity contribution >= 4 is 28.8 Å². The third kappa shape index (κ3) is 5.44. The second kappa shape index (κ2) is 11.6. The fraction of sp³-hybridized carbons (Fsp3) is 0.0909. The number of methoxy groups -OCH3 is 3. The van der Waals surface area contributed by atoms with Gasteiger partial charge in [0, 0.05) is 22.1 Å². The monoisotopic (exact) mass is 534 g/mol. The Kier molecular flexibility index (Phi) is 7.64. The first-order valence-electron chi connectivity index (χ1n) is 12.4. The first kappa shape index (κ1) is 26.3. The molecule has 0 aliphatic heterocycles. The van der Waals surface area contributed by atoms with Crippen molar-refractivity contribution in [1.82, 2.24) is 0 Å². The summed E-state index contributed by atoms with van der Waals surface area (Å²) in [5.74, 6) is 1.74. The number of esters is 1. The van der Waals surface area contributed by atoms with Gasteiger partial charge in [-0.1, -0.05) is 30.3 Å². The molecule has 0 fully saturated rings. The highest BCUT2D eigenvalue weighted by molar-refractivity contribution is 6.10. The van der Waals surface area contributed by atoms with Crippen LogP contribution in [-0.2, 0) is 0 Å². The summed E-state index contributed by atoms with van der Waals surface area (Å²) in [6, 6.07) is 26.3. The number of hydrogen-bond acceptors (Lipinski definition) is 7. The molecule has 0 aliphatic carbocycles. The van der Waals surface area contributed by atoms with E-state index in [1.54, 1.807) is 88.1 Å². The Morgan fingerprint density at radius 3 is 2.10 bits per heavy atom. The molecular formula is C33H26O7. The smallest absolute Gasteiger partial charge is 0.348 e. The summed E-state index contributed by atoms with van der Waals surface area (Å²) >= 11 is 0. The predicted molar refractivity (Wildman–Crippen MR) is 153 cm³/mol. The summed E-state index contributed by atoms with van der Waals surface area (Å²) in [6.45, 7) is 0. The van der Waals surface area contributed by atoms with Crippen molar-refractivity contribution in [2.24, 2.45) is 0 Å². The number of allylic oxidation sites excluding steroid dienone is 1. The maximum atomic E-state index is 13.5. The van der Waals surface area contributed by atoms with Crippen molar-refractivity contribution in [1.29, 1.82) is 0 Å². The largest absolute Gasteiger partial charge is 0.497 e. The van der Waals surface area contributed by atoms with E-state index in [0.29, 0.717) is 45.1 Å². The fourth-order valence-corrected chi connectivity index (χ4v) is 4.28. The van der Waals surface area contributed by atoms with Gasteiger partial charge in [-0.2, -0.15) is 0 Å². The normalized spacial score (nSPS) is 11.0. The van der Waals surface area contributed by atoms with Gasteiger partial charge < -0.3 is 23.4 Å². The van der Waals surface area contributed by atoms with Crippen LogP contribution in [-0.4, -0.2) is 33.1 Å². The highest BCUT2D eigenvalue weighted by Crippen LogP contribution is 2.36. The van der Waals surface area contributed by atoms with Gasteiger partial charge in [-0.3, -0.25) is 4.79 Å². The molecule has 0 atom stereocenters. The molecule has 200 valence electrons. The summed E-state index contributed by atoms with van der Waals surface area (Å²) in [5, 5.41) is 0.577. The molecule has 5 rings (SSSR count). The van der Waals surface area contributed by atoms with Crippen LogP contribution in [0.5, 0.6) is 23.0 Å². The van der Waals surface area contributed by atoms with Gasteiger partial charge in [0.2, 0.25) is 0 Å². The van der Waals surface area contributed by atoms with Crippen LogP contribution >= 0.6 is 0 Å². The number of rotatable bonds is 9. The highest BCUT2D eigenvalue weighted by Gasteiger charge is 2.24. The van der Waals surface area contributed by atoms with Crippen molar-refractivity contribution in [3.05, 3.63) is 114 Å². The van der Waals surface area contributed by atoms with Gasteiger partial charge in [-0.15, -0.1) is 0 Å². The van der Waals surface area contributed by atoms with E-state index >= 15 is 0 Å². The highest BCUT2D eigenvalue weighted by atomic mass is 16.5. The van der Waals surface area contributed by atoms with Gasteiger partial charge in [0.1, 0.15) is 39.9 Å². The second-order valence-corrected chi connectivity index (χ2v) is 8.75. The summed E-state index contributed by atoms with van der Waals surface area (Å²) in [6.07, 6.45) is 3.12. The lowest BCUT2D eigenvalue weighted by atomic mass is 10.1. The van der Waals surface area contributed by atoms with Crippen molar-refractivity contribution in [2.45, 2.75) is 0 Å². The maximum absolute atomic E-state index is 13.5. The van der Waals surface area contributed by atoms with Crippen LogP contribution in [0.2, 0.25) is 0 Å². The zero-order chi connectivity index (χ0) is 28.1.